The molecule has 1 aromatic heterocycles. The zero-order chi connectivity index (χ0) is 13.8. The van der Waals surface area contributed by atoms with Crippen molar-refractivity contribution in [3.63, 3.8) is 0 Å². The van der Waals surface area contributed by atoms with Gasteiger partial charge >= 0.3 is 0 Å². The van der Waals surface area contributed by atoms with Crippen LogP contribution in [0.3, 0.4) is 0 Å². The number of rotatable bonds is 5. The summed E-state index contributed by atoms with van der Waals surface area (Å²) in [7, 11) is 0. The molecule has 0 amide bonds. The number of hydrogen-bond donors (Lipinski definition) is 1. The average Bonchev–Trinajstić information content (AvgIpc) is 2.83. The molecule has 0 aliphatic heterocycles. The maximum absolute atomic E-state index is 6.10. The van der Waals surface area contributed by atoms with Crippen molar-refractivity contribution in [1.29, 1.82) is 0 Å². The lowest BCUT2D eigenvalue weighted by atomic mass is 10.1. The molecule has 4 nitrogen and oxygen atoms in total. The third-order valence-electron chi connectivity index (χ3n) is 2.80. The molecule has 0 saturated carbocycles. The van der Waals surface area contributed by atoms with E-state index in [1.54, 1.807) is 18.2 Å². The summed E-state index contributed by atoms with van der Waals surface area (Å²) in [6, 6.07) is 5.15. The van der Waals surface area contributed by atoms with Gasteiger partial charge in [-0.1, -0.05) is 47.8 Å². The van der Waals surface area contributed by atoms with E-state index >= 15 is 0 Å². The second kappa shape index (κ2) is 6.37. The van der Waals surface area contributed by atoms with E-state index in [9.17, 15) is 0 Å². The van der Waals surface area contributed by atoms with Gasteiger partial charge in [-0.3, -0.25) is 0 Å². The molecule has 2 rings (SSSR count). The van der Waals surface area contributed by atoms with Gasteiger partial charge in [0.2, 0.25) is 5.89 Å². The fraction of sp³-hybridized carbons (Fsp3) is 0.385. The Morgan fingerprint density at radius 2 is 2.00 bits per heavy atom. The van der Waals surface area contributed by atoms with E-state index in [-0.39, 0.29) is 6.04 Å². The first-order valence-electron chi connectivity index (χ1n) is 6.12. The summed E-state index contributed by atoms with van der Waals surface area (Å²) in [6.07, 6.45) is 2.21. The van der Waals surface area contributed by atoms with Gasteiger partial charge in [0.25, 0.3) is 0 Å². The summed E-state index contributed by atoms with van der Waals surface area (Å²) in [5, 5.41) is 5.10. The molecule has 19 heavy (non-hydrogen) atoms. The third kappa shape index (κ3) is 3.47. The number of nitrogens with two attached hydrogens (primary N) is 1. The van der Waals surface area contributed by atoms with Crippen molar-refractivity contribution in [3.05, 3.63) is 45.5 Å². The van der Waals surface area contributed by atoms with Crippen molar-refractivity contribution >= 4 is 23.2 Å². The van der Waals surface area contributed by atoms with Crippen LogP contribution in [0.5, 0.6) is 0 Å². The number of hydrogen-bond acceptors (Lipinski definition) is 4. The summed E-state index contributed by atoms with van der Waals surface area (Å²) < 4.78 is 5.16. The van der Waals surface area contributed by atoms with Gasteiger partial charge in [0, 0.05) is 16.5 Å². The van der Waals surface area contributed by atoms with Gasteiger partial charge in [-0.05, 0) is 24.1 Å². The Hall–Kier alpha value is -1.10. The summed E-state index contributed by atoms with van der Waals surface area (Å²) >= 11 is 12.2. The molecule has 1 aromatic carbocycles. The minimum absolute atomic E-state index is 0.215. The fourth-order valence-corrected chi connectivity index (χ4v) is 2.31. The van der Waals surface area contributed by atoms with Crippen molar-refractivity contribution in [2.45, 2.75) is 32.2 Å². The van der Waals surface area contributed by atoms with Crippen LogP contribution >= 0.6 is 23.2 Å². The maximum atomic E-state index is 6.10. The Labute approximate surface area is 121 Å². The van der Waals surface area contributed by atoms with Crippen molar-refractivity contribution in [2.24, 2.45) is 5.73 Å². The van der Waals surface area contributed by atoms with Crippen molar-refractivity contribution in [2.75, 3.05) is 0 Å². The van der Waals surface area contributed by atoms with E-state index < -0.39 is 0 Å². The van der Waals surface area contributed by atoms with Gasteiger partial charge in [0.05, 0.1) is 6.04 Å². The quantitative estimate of drug-likeness (QED) is 0.913. The van der Waals surface area contributed by atoms with E-state index in [0.717, 1.165) is 18.4 Å². The van der Waals surface area contributed by atoms with E-state index in [4.69, 9.17) is 33.5 Å². The van der Waals surface area contributed by atoms with Crippen LogP contribution in [0, 0.1) is 0 Å². The van der Waals surface area contributed by atoms with E-state index in [1.807, 2.05) is 0 Å². The van der Waals surface area contributed by atoms with Gasteiger partial charge in [-0.2, -0.15) is 4.98 Å². The highest BCUT2D eigenvalue weighted by Crippen LogP contribution is 2.26. The zero-order valence-corrected chi connectivity index (χ0v) is 12.1. The van der Waals surface area contributed by atoms with Crippen LogP contribution in [0.1, 0.15) is 43.1 Å². The Balaban J connectivity index is 2.16. The predicted molar refractivity (Wildman–Crippen MR) is 75.4 cm³/mol. The van der Waals surface area contributed by atoms with Crippen molar-refractivity contribution in [3.8, 4) is 0 Å². The molecule has 2 aromatic rings. The highest BCUT2D eigenvalue weighted by Gasteiger charge is 2.15. The fourth-order valence-electron chi connectivity index (χ4n) is 1.78. The SMILES string of the molecule is CCC[C@H](N)c1nc(Cc2c(Cl)cccc2Cl)no1. The van der Waals surface area contributed by atoms with Crippen LogP contribution < -0.4 is 5.73 Å². The maximum Gasteiger partial charge on any atom is 0.243 e. The standard InChI is InChI=1S/C13H15Cl2N3O/c1-2-4-11(16)13-17-12(18-19-13)7-8-9(14)5-3-6-10(8)15/h3,5-6,11H,2,4,7,16H2,1H3/t11-/m0/s1. The van der Waals surface area contributed by atoms with Crippen LogP contribution in [0.4, 0.5) is 0 Å². The van der Waals surface area contributed by atoms with Gasteiger partial charge in [-0.25, -0.2) is 0 Å². The molecule has 0 saturated heterocycles. The van der Waals surface area contributed by atoms with Crippen LogP contribution in [0.25, 0.3) is 0 Å². The Morgan fingerprint density at radius 1 is 1.32 bits per heavy atom. The van der Waals surface area contributed by atoms with Gasteiger partial charge in [-0.15, -0.1) is 0 Å². The molecule has 2 N–H and O–H groups in total. The van der Waals surface area contributed by atoms with Crippen LogP contribution in [-0.4, -0.2) is 10.1 Å². The molecule has 6 heteroatoms. The number of benzene rings is 1. The summed E-state index contributed by atoms with van der Waals surface area (Å²) in [6.45, 7) is 2.06. The number of aromatic nitrogens is 2. The van der Waals surface area contributed by atoms with Gasteiger partial charge in [0.15, 0.2) is 5.82 Å². The van der Waals surface area contributed by atoms with E-state index in [2.05, 4.69) is 17.1 Å². The Kier molecular flexibility index (Phi) is 4.80. The molecular weight excluding hydrogens is 285 g/mol. The monoisotopic (exact) mass is 299 g/mol. The first-order valence-corrected chi connectivity index (χ1v) is 6.88. The van der Waals surface area contributed by atoms with E-state index in [1.165, 1.54) is 0 Å². The van der Waals surface area contributed by atoms with Crippen LogP contribution in [0.2, 0.25) is 10.0 Å². The molecule has 0 radical (unpaired) electrons. The lowest BCUT2D eigenvalue weighted by Gasteiger charge is -2.03. The summed E-state index contributed by atoms with van der Waals surface area (Å²) in [5.41, 5.74) is 6.72. The molecule has 0 spiro atoms. The summed E-state index contributed by atoms with van der Waals surface area (Å²) in [5.74, 6) is 0.997. The molecule has 0 unspecified atom stereocenters. The molecule has 1 heterocycles. The van der Waals surface area contributed by atoms with Crippen molar-refractivity contribution in [1.82, 2.24) is 10.1 Å². The molecular formula is C13H15Cl2N3O. The number of nitrogens with zero attached hydrogens (tertiary/aromatic N) is 2. The smallest absolute Gasteiger partial charge is 0.243 e. The second-order valence-electron chi connectivity index (χ2n) is 4.32. The Morgan fingerprint density at radius 3 is 2.63 bits per heavy atom. The first-order chi connectivity index (χ1) is 9.11. The zero-order valence-electron chi connectivity index (χ0n) is 10.6. The minimum Gasteiger partial charge on any atom is -0.338 e. The molecule has 0 fully saturated rings. The minimum atomic E-state index is -0.215. The molecule has 0 aliphatic carbocycles. The molecule has 0 bridgehead atoms. The topological polar surface area (TPSA) is 64.9 Å². The largest absolute Gasteiger partial charge is 0.338 e. The lowest BCUT2D eigenvalue weighted by molar-refractivity contribution is 0.345. The lowest BCUT2D eigenvalue weighted by Crippen LogP contribution is -2.10. The highest BCUT2D eigenvalue weighted by molar-refractivity contribution is 6.36. The molecule has 102 valence electrons. The normalized spacial score (nSPS) is 12.6. The van der Waals surface area contributed by atoms with Gasteiger partial charge < -0.3 is 10.3 Å². The van der Waals surface area contributed by atoms with Crippen LogP contribution in [-0.2, 0) is 6.42 Å². The second-order valence-corrected chi connectivity index (χ2v) is 5.14. The van der Waals surface area contributed by atoms with E-state index in [0.29, 0.717) is 28.2 Å². The average molecular weight is 300 g/mol. The highest BCUT2D eigenvalue weighted by atomic mass is 35.5. The summed E-state index contributed by atoms with van der Waals surface area (Å²) in [4.78, 5) is 4.29. The number of halogens is 2. The Bertz CT molecular complexity index is 536. The van der Waals surface area contributed by atoms with Crippen molar-refractivity contribution < 1.29 is 4.52 Å². The molecule has 1 atom stereocenters. The predicted octanol–water partition coefficient (Wildman–Crippen LogP) is 3.77. The molecule has 0 aliphatic rings. The third-order valence-corrected chi connectivity index (χ3v) is 3.51. The van der Waals surface area contributed by atoms with Gasteiger partial charge in [0.1, 0.15) is 0 Å². The van der Waals surface area contributed by atoms with Crippen LogP contribution in [0.15, 0.2) is 22.7 Å². The first kappa shape index (κ1) is 14.3.